The van der Waals surface area contributed by atoms with E-state index >= 15 is 0 Å². The van der Waals surface area contributed by atoms with E-state index in [1.807, 2.05) is 49.4 Å². The van der Waals surface area contributed by atoms with Gasteiger partial charge in [-0.05, 0) is 77.7 Å². The third-order valence-corrected chi connectivity index (χ3v) is 7.29. The monoisotopic (exact) mass is 520 g/mol. The second-order valence-corrected chi connectivity index (χ2v) is 9.84. The summed E-state index contributed by atoms with van der Waals surface area (Å²) >= 11 is 2.22. The van der Waals surface area contributed by atoms with Crippen LogP contribution in [0.25, 0.3) is 0 Å². The molecule has 0 aromatic heterocycles. The van der Waals surface area contributed by atoms with Crippen LogP contribution < -0.4 is 4.74 Å². The molecule has 4 rings (SSSR count). The van der Waals surface area contributed by atoms with Gasteiger partial charge in [-0.25, -0.2) is 0 Å². The van der Waals surface area contributed by atoms with Gasteiger partial charge in [-0.2, -0.15) is 8.42 Å². The van der Waals surface area contributed by atoms with Crippen LogP contribution in [0.2, 0.25) is 0 Å². The van der Waals surface area contributed by atoms with Gasteiger partial charge in [-0.1, -0.05) is 54.1 Å². The van der Waals surface area contributed by atoms with E-state index in [4.69, 9.17) is 8.92 Å². The fourth-order valence-electron chi connectivity index (χ4n) is 3.53. The molecular weight excluding hydrogens is 499 g/mol. The van der Waals surface area contributed by atoms with Crippen molar-refractivity contribution in [2.45, 2.75) is 36.9 Å². The minimum atomic E-state index is -3.90. The van der Waals surface area contributed by atoms with Crippen molar-refractivity contribution in [3.63, 3.8) is 0 Å². The van der Waals surface area contributed by atoms with Crippen LogP contribution in [0.4, 0.5) is 0 Å². The third kappa shape index (κ3) is 4.49. The number of aryl methyl sites for hydroxylation is 2. The summed E-state index contributed by atoms with van der Waals surface area (Å²) in [6.07, 6.45) is 0.204. The summed E-state index contributed by atoms with van der Waals surface area (Å²) in [6.45, 7) is 1.92. The lowest BCUT2D eigenvalue weighted by molar-refractivity contribution is 0.0440. The highest BCUT2D eigenvalue weighted by molar-refractivity contribution is 14.1. The van der Waals surface area contributed by atoms with Crippen LogP contribution in [-0.2, 0) is 20.7 Å². The molecule has 0 aliphatic heterocycles. The summed E-state index contributed by atoms with van der Waals surface area (Å²) < 4.78 is 38.8. The molecule has 4 nitrogen and oxygen atoms in total. The lowest BCUT2D eigenvalue weighted by Gasteiger charge is -2.33. The molecule has 1 aliphatic carbocycles. The van der Waals surface area contributed by atoms with Gasteiger partial charge in [0.1, 0.15) is 11.9 Å². The number of benzene rings is 3. The summed E-state index contributed by atoms with van der Waals surface area (Å²) in [4.78, 5) is 0.162. The first-order chi connectivity index (χ1) is 13.9. The lowest BCUT2D eigenvalue weighted by atomic mass is 9.87. The van der Waals surface area contributed by atoms with Crippen LogP contribution in [0, 0.1) is 10.5 Å². The van der Waals surface area contributed by atoms with Gasteiger partial charge in [0.25, 0.3) is 10.1 Å². The fourth-order valence-corrected chi connectivity index (χ4v) is 5.14. The normalized spacial score (nSPS) is 18.8. The van der Waals surface area contributed by atoms with E-state index in [1.165, 1.54) is 0 Å². The second kappa shape index (κ2) is 8.45. The van der Waals surface area contributed by atoms with E-state index in [0.717, 1.165) is 32.4 Å². The molecule has 2 atom stereocenters. The van der Waals surface area contributed by atoms with E-state index in [2.05, 4.69) is 28.7 Å². The number of para-hydroxylation sites is 1. The minimum absolute atomic E-state index is 0.162. The Morgan fingerprint density at radius 2 is 1.62 bits per heavy atom. The van der Waals surface area contributed by atoms with Gasteiger partial charge in [0.15, 0.2) is 6.10 Å². The molecule has 0 spiro atoms. The third-order valence-electron chi connectivity index (χ3n) is 5.05. The van der Waals surface area contributed by atoms with Crippen molar-refractivity contribution in [2.75, 3.05) is 0 Å². The Bertz CT molecular complexity index is 1110. The molecule has 3 aromatic rings. The molecule has 0 radical (unpaired) electrons. The molecule has 150 valence electrons. The lowest BCUT2D eigenvalue weighted by Crippen LogP contribution is -2.34. The van der Waals surface area contributed by atoms with E-state index < -0.39 is 22.3 Å². The number of hydrogen-bond donors (Lipinski definition) is 0. The SMILES string of the molecule is Cc1ccc(S(=O)(=O)O[C@@H]2CCc3ccccc3[C@H]2Oc2ccccc2I)cc1. The smallest absolute Gasteiger partial charge is 0.297 e. The zero-order valence-electron chi connectivity index (χ0n) is 15.9. The maximum Gasteiger partial charge on any atom is 0.297 e. The van der Waals surface area contributed by atoms with Crippen LogP contribution in [0.3, 0.4) is 0 Å². The van der Waals surface area contributed by atoms with Crippen molar-refractivity contribution in [1.82, 2.24) is 0 Å². The summed E-state index contributed by atoms with van der Waals surface area (Å²) in [5, 5.41) is 0. The van der Waals surface area contributed by atoms with Gasteiger partial charge in [-0.3, -0.25) is 4.18 Å². The van der Waals surface area contributed by atoms with Crippen LogP contribution in [0.1, 0.15) is 29.2 Å². The molecule has 0 bridgehead atoms. The summed E-state index contributed by atoms with van der Waals surface area (Å²) in [6, 6.07) is 22.4. The molecule has 0 saturated carbocycles. The molecular formula is C23H21IO4S. The van der Waals surface area contributed by atoms with E-state index in [9.17, 15) is 8.42 Å². The fraction of sp³-hybridized carbons (Fsp3) is 0.217. The Morgan fingerprint density at radius 1 is 0.931 bits per heavy atom. The molecule has 29 heavy (non-hydrogen) atoms. The first kappa shape index (κ1) is 20.4. The van der Waals surface area contributed by atoms with Gasteiger partial charge in [0.05, 0.1) is 8.47 Å². The summed E-state index contributed by atoms with van der Waals surface area (Å²) in [5.74, 6) is 0.719. The van der Waals surface area contributed by atoms with Gasteiger partial charge in [0, 0.05) is 0 Å². The average Bonchev–Trinajstić information content (AvgIpc) is 2.71. The number of fused-ring (bicyclic) bond motifs is 1. The van der Waals surface area contributed by atoms with Crippen LogP contribution in [0.5, 0.6) is 5.75 Å². The van der Waals surface area contributed by atoms with E-state index in [0.29, 0.717) is 6.42 Å². The largest absolute Gasteiger partial charge is 0.482 e. The van der Waals surface area contributed by atoms with Crippen molar-refractivity contribution in [3.8, 4) is 5.75 Å². The number of ether oxygens (including phenoxy) is 1. The van der Waals surface area contributed by atoms with E-state index in [1.54, 1.807) is 24.3 Å². The van der Waals surface area contributed by atoms with Gasteiger partial charge >= 0.3 is 0 Å². The van der Waals surface area contributed by atoms with Crippen molar-refractivity contribution >= 4 is 32.7 Å². The molecule has 6 heteroatoms. The highest BCUT2D eigenvalue weighted by atomic mass is 127. The van der Waals surface area contributed by atoms with Crippen LogP contribution in [-0.4, -0.2) is 14.5 Å². The van der Waals surface area contributed by atoms with Gasteiger partial charge in [-0.15, -0.1) is 0 Å². The van der Waals surface area contributed by atoms with Crippen LogP contribution in [0.15, 0.2) is 77.7 Å². The standard InChI is InChI=1S/C23H21IO4S/c1-16-10-13-18(14-11-16)29(25,26)28-22-15-12-17-6-2-3-7-19(17)23(22)27-21-9-5-4-8-20(21)24/h2-11,13-14,22-23H,12,15H2,1H3/t22-,23-/m1/s1. The molecule has 0 saturated heterocycles. The summed E-state index contributed by atoms with van der Waals surface area (Å²) in [5.41, 5.74) is 3.13. The Morgan fingerprint density at radius 3 is 2.38 bits per heavy atom. The maximum absolute atomic E-state index is 12.9. The predicted octanol–water partition coefficient (Wildman–Crippen LogP) is 5.44. The quantitative estimate of drug-likeness (QED) is 0.332. The van der Waals surface area contributed by atoms with Crippen molar-refractivity contribution in [3.05, 3.63) is 93.1 Å². The second-order valence-electron chi connectivity index (χ2n) is 7.11. The Balaban J connectivity index is 1.67. The number of halogens is 1. The average molecular weight is 520 g/mol. The van der Waals surface area contributed by atoms with Crippen molar-refractivity contribution in [2.24, 2.45) is 0 Å². The first-order valence-electron chi connectivity index (χ1n) is 9.43. The molecule has 0 heterocycles. The Kier molecular flexibility index (Phi) is 5.94. The maximum atomic E-state index is 12.9. The molecule has 0 fully saturated rings. The minimum Gasteiger partial charge on any atom is -0.482 e. The summed E-state index contributed by atoms with van der Waals surface area (Å²) in [7, 11) is -3.90. The molecule has 1 aliphatic rings. The Labute approximate surface area is 185 Å². The zero-order chi connectivity index (χ0) is 20.4. The first-order valence-corrected chi connectivity index (χ1v) is 11.9. The highest BCUT2D eigenvalue weighted by Gasteiger charge is 2.36. The molecule has 0 unspecified atom stereocenters. The molecule has 3 aromatic carbocycles. The van der Waals surface area contributed by atoms with Gasteiger partial charge < -0.3 is 4.74 Å². The number of rotatable bonds is 5. The van der Waals surface area contributed by atoms with Crippen molar-refractivity contribution < 1.29 is 17.3 Å². The zero-order valence-corrected chi connectivity index (χ0v) is 18.9. The van der Waals surface area contributed by atoms with Crippen molar-refractivity contribution in [1.29, 1.82) is 0 Å². The van der Waals surface area contributed by atoms with Crippen LogP contribution >= 0.6 is 22.6 Å². The molecule has 0 amide bonds. The highest BCUT2D eigenvalue weighted by Crippen LogP contribution is 2.38. The van der Waals surface area contributed by atoms with Gasteiger partial charge in [0.2, 0.25) is 0 Å². The molecule has 0 N–H and O–H groups in total. The number of hydrogen-bond acceptors (Lipinski definition) is 4. The topological polar surface area (TPSA) is 52.6 Å². The predicted molar refractivity (Wildman–Crippen MR) is 121 cm³/mol. The Hall–Kier alpha value is -1.90. The van der Waals surface area contributed by atoms with E-state index in [-0.39, 0.29) is 4.90 Å².